The summed E-state index contributed by atoms with van der Waals surface area (Å²) in [5.41, 5.74) is 3.56. The Kier molecular flexibility index (Phi) is 6.71. The van der Waals surface area contributed by atoms with Gasteiger partial charge in [-0.1, -0.05) is 48.5 Å². The first kappa shape index (κ1) is 22.7. The average Bonchev–Trinajstić information content (AvgIpc) is 3.47. The van der Waals surface area contributed by atoms with Crippen LogP contribution in [0.4, 0.5) is 10.8 Å². The van der Waals surface area contributed by atoms with Gasteiger partial charge in [0.15, 0.2) is 5.13 Å². The van der Waals surface area contributed by atoms with E-state index >= 15 is 0 Å². The van der Waals surface area contributed by atoms with Crippen LogP contribution in [0.3, 0.4) is 0 Å². The highest BCUT2D eigenvalue weighted by Gasteiger charge is 2.32. The fourth-order valence-electron chi connectivity index (χ4n) is 4.65. The zero-order chi connectivity index (χ0) is 23.5. The summed E-state index contributed by atoms with van der Waals surface area (Å²) >= 11 is 1.45. The molecule has 3 aromatic rings. The van der Waals surface area contributed by atoms with Crippen molar-refractivity contribution in [3.05, 3.63) is 77.3 Å². The van der Waals surface area contributed by atoms with Crippen molar-refractivity contribution in [2.45, 2.75) is 45.1 Å². The first-order valence-electron chi connectivity index (χ1n) is 11.7. The minimum atomic E-state index is -0.200. The summed E-state index contributed by atoms with van der Waals surface area (Å²) in [6.07, 6.45) is 0.964. The summed E-state index contributed by atoms with van der Waals surface area (Å²) in [5.74, 6) is -0.200. The number of amides is 1. The van der Waals surface area contributed by atoms with Crippen LogP contribution >= 0.6 is 11.3 Å². The maximum Gasteiger partial charge on any atom is 0.273 e. The van der Waals surface area contributed by atoms with E-state index in [1.54, 1.807) is 0 Å². The molecule has 2 aliphatic rings. The minimum absolute atomic E-state index is 0.0264. The van der Waals surface area contributed by atoms with Crippen LogP contribution in [-0.4, -0.2) is 46.8 Å². The summed E-state index contributed by atoms with van der Waals surface area (Å²) in [6, 6.07) is 20.1. The second-order valence-corrected chi connectivity index (χ2v) is 9.77. The zero-order valence-electron chi connectivity index (χ0n) is 19.4. The Morgan fingerprint density at radius 3 is 2.44 bits per heavy atom. The molecule has 2 aliphatic heterocycles. The van der Waals surface area contributed by atoms with Gasteiger partial charge in [0.05, 0.1) is 29.6 Å². The number of nitrogens with one attached hydrogen (secondary N) is 1. The first-order chi connectivity index (χ1) is 16.5. The summed E-state index contributed by atoms with van der Waals surface area (Å²) in [4.78, 5) is 20.1. The van der Waals surface area contributed by atoms with E-state index in [-0.39, 0.29) is 24.2 Å². The van der Waals surface area contributed by atoms with Gasteiger partial charge in [0.25, 0.3) is 5.91 Å². The Labute approximate surface area is 204 Å². The molecule has 7 nitrogen and oxygen atoms in total. The molecule has 34 heavy (non-hydrogen) atoms. The number of anilines is 2. The molecule has 0 bridgehead atoms. The average molecular weight is 476 g/mol. The van der Waals surface area contributed by atoms with Gasteiger partial charge in [-0.05, 0) is 31.5 Å². The number of ether oxygens (including phenoxy) is 1. The highest BCUT2D eigenvalue weighted by Crippen LogP contribution is 2.35. The van der Waals surface area contributed by atoms with Crippen LogP contribution in [0.5, 0.6) is 0 Å². The van der Waals surface area contributed by atoms with Crippen molar-refractivity contribution >= 4 is 33.8 Å². The third-order valence-corrected chi connectivity index (χ3v) is 6.84. The van der Waals surface area contributed by atoms with E-state index in [1.807, 2.05) is 58.9 Å². The number of hydrogen-bond donors (Lipinski definition) is 1. The van der Waals surface area contributed by atoms with Gasteiger partial charge in [0, 0.05) is 31.4 Å². The molecule has 0 saturated carbocycles. The highest BCUT2D eigenvalue weighted by atomic mass is 32.1. The zero-order valence-corrected chi connectivity index (χ0v) is 20.2. The molecule has 0 radical (unpaired) electrons. The number of rotatable bonds is 6. The van der Waals surface area contributed by atoms with Crippen LogP contribution in [0.2, 0.25) is 0 Å². The third kappa shape index (κ3) is 5.19. The van der Waals surface area contributed by atoms with Gasteiger partial charge in [-0.15, -0.1) is 11.3 Å². The van der Waals surface area contributed by atoms with Crippen molar-refractivity contribution in [3.63, 3.8) is 0 Å². The largest absolute Gasteiger partial charge is 0.373 e. The van der Waals surface area contributed by atoms with E-state index in [2.05, 4.69) is 41.2 Å². The van der Waals surface area contributed by atoms with Gasteiger partial charge >= 0.3 is 0 Å². The van der Waals surface area contributed by atoms with Crippen molar-refractivity contribution in [2.75, 3.05) is 23.4 Å². The monoisotopic (exact) mass is 475 g/mol. The lowest BCUT2D eigenvalue weighted by Crippen LogP contribution is -2.44. The molecular formula is C26H29N5O2S. The number of morpholine rings is 1. The van der Waals surface area contributed by atoms with Crippen LogP contribution in [0.25, 0.3) is 0 Å². The number of hydrazone groups is 1. The van der Waals surface area contributed by atoms with E-state index in [4.69, 9.17) is 9.84 Å². The third-order valence-electron chi connectivity index (χ3n) is 6.03. The summed E-state index contributed by atoms with van der Waals surface area (Å²) in [5, 5.41) is 12.3. The summed E-state index contributed by atoms with van der Waals surface area (Å²) in [6.45, 7) is 6.72. The molecule has 1 N–H and O–H groups in total. The molecule has 0 unspecified atom stereocenters. The first-order valence-corrected chi connectivity index (χ1v) is 12.5. The Bertz CT molecular complexity index is 1140. The fraction of sp³-hybridized carbons (Fsp3) is 0.346. The van der Waals surface area contributed by atoms with Crippen molar-refractivity contribution in [3.8, 4) is 0 Å². The lowest BCUT2D eigenvalue weighted by atomic mass is 10.0. The van der Waals surface area contributed by atoms with E-state index in [1.165, 1.54) is 11.3 Å². The number of benzene rings is 2. The van der Waals surface area contributed by atoms with Gasteiger partial charge < -0.3 is 4.74 Å². The molecular weight excluding hydrogens is 446 g/mol. The minimum Gasteiger partial charge on any atom is -0.373 e. The molecule has 8 heteroatoms. The molecule has 0 spiro atoms. The van der Waals surface area contributed by atoms with E-state index in [9.17, 15) is 4.79 Å². The lowest BCUT2D eigenvalue weighted by molar-refractivity contribution is -0.110. The Balaban J connectivity index is 1.28. The molecule has 3 atom stereocenters. The Morgan fingerprint density at radius 2 is 1.74 bits per heavy atom. The molecule has 3 heterocycles. The van der Waals surface area contributed by atoms with Crippen LogP contribution in [0, 0.1) is 0 Å². The van der Waals surface area contributed by atoms with E-state index in [0.717, 1.165) is 36.6 Å². The molecule has 1 amide bonds. The van der Waals surface area contributed by atoms with E-state index in [0.29, 0.717) is 17.3 Å². The highest BCUT2D eigenvalue weighted by molar-refractivity contribution is 7.14. The Hall–Kier alpha value is -3.07. The molecule has 5 rings (SSSR count). The maximum absolute atomic E-state index is 13.1. The lowest BCUT2D eigenvalue weighted by Gasteiger charge is -2.34. The second kappa shape index (κ2) is 10.0. The van der Waals surface area contributed by atoms with Crippen LogP contribution in [0.15, 0.2) is 71.1 Å². The number of nitrogens with zero attached hydrogens (tertiary/aromatic N) is 4. The predicted octanol–water partition coefficient (Wildman–Crippen LogP) is 4.70. The SMILES string of the molecule is C[C@@H]1CN(Cc2csc(NC(=O)C3=NN(c4ccccc4)[C@@H](c4ccccc4)C3)n2)C[C@@H](C)O1. The molecule has 1 fully saturated rings. The maximum atomic E-state index is 13.1. The standard InChI is InChI=1S/C26H29N5O2S/c1-18-14-30(15-19(2)33-18)16-21-17-34-26(27-21)28-25(32)23-13-24(20-9-5-3-6-10-20)31(29-23)22-11-7-4-8-12-22/h3-12,17-19,24H,13-16H2,1-2H3,(H,27,28,32)/t18-,19-,24-/m1/s1. The number of thiazole rings is 1. The number of hydrogen-bond acceptors (Lipinski definition) is 7. The smallest absolute Gasteiger partial charge is 0.273 e. The molecule has 1 aromatic heterocycles. The predicted molar refractivity (Wildman–Crippen MR) is 136 cm³/mol. The van der Waals surface area contributed by atoms with E-state index < -0.39 is 0 Å². The quantitative estimate of drug-likeness (QED) is 0.560. The summed E-state index contributed by atoms with van der Waals surface area (Å²) < 4.78 is 5.82. The normalized spacial score (nSPS) is 23.1. The van der Waals surface area contributed by atoms with Crippen LogP contribution < -0.4 is 10.3 Å². The van der Waals surface area contributed by atoms with Gasteiger partial charge in [-0.3, -0.25) is 20.0 Å². The molecule has 1 saturated heterocycles. The second-order valence-electron chi connectivity index (χ2n) is 8.91. The van der Waals surface area contributed by atoms with Crippen molar-refractivity contribution in [1.82, 2.24) is 9.88 Å². The topological polar surface area (TPSA) is 70.1 Å². The fourth-order valence-corrected chi connectivity index (χ4v) is 5.35. The van der Waals surface area contributed by atoms with Gasteiger partial charge in [0.1, 0.15) is 5.71 Å². The number of carbonyl (C=O) groups excluding carboxylic acids is 1. The van der Waals surface area contributed by atoms with Crippen LogP contribution in [0.1, 0.15) is 37.6 Å². The summed E-state index contributed by atoms with van der Waals surface area (Å²) in [7, 11) is 0. The van der Waals surface area contributed by atoms with Gasteiger partial charge in [0.2, 0.25) is 0 Å². The molecule has 0 aliphatic carbocycles. The molecule has 176 valence electrons. The van der Waals surface area contributed by atoms with Crippen LogP contribution in [-0.2, 0) is 16.1 Å². The van der Waals surface area contributed by atoms with Crippen molar-refractivity contribution in [1.29, 1.82) is 0 Å². The van der Waals surface area contributed by atoms with Crippen molar-refractivity contribution < 1.29 is 9.53 Å². The molecule has 2 aromatic carbocycles. The van der Waals surface area contributed by atoms with Gasteiger partial charge in [-0.2, -0.15) is 5.10 Å². The number of aromatic nitrogens is 1. The Morgan fingerprint density at radius 1 is 1.06 bits per heavy atom. The number of para-hydroxylation sites is 1. The van der Waals surface area contributed by atoms with Crippen molar-refractivity contribution in [2.24, 2.45) is 5.10 Å². The number of carbonyl (C=O) groups is 1. The van der Waals surface area contributed by atoms with Gasteiger partial charge in [-0.25, -0.2) is 4.98 Å².